The number of rotatable bonds is 8. The summed E-state index contributed by atoms with van der Waals surface area (Å²) in [6.07, 6.45) is 2.97. The van der Waals surface area contributed by atoms with Gasteiger partial charge in [0.05, 0.1) is 25.4 Å². The molecule has 0 saturated carbocycles. The van der Waals surface area contributed by atoms with E-state index in [4.69, 9.17) is 15.2 Å². The van der Waals surface area contributed by atoms with Gasteiger partial charge in [0, 0.05) is 19.7 Å². The molecule has 1 saturated heterocycles. The van der Waals surface area contributed by atoms with Gasteiger partial charge in [-0.3, -0.25) is 4.79 Å². The first-order valence-electron chi connectivity index (χ1n) is 7.83. The van der Waals surface area contributed by atoms with Crippen LogP contribution in [-0.4, -0.2) is 55.9 Å². The molecule has 2 unspecified atom stereocenters. The van der Waals surface area contributed by atoms with E-state index < -0.39 is 0 Å². The van der Waals surface area contributed by atoms with Gasteiger partial charge in [0.25, 0.3) is 0 Å². The van der Waals surface area contributed by atoms with E-state index in [9.17, 15) is 4.79 Å². The van der Waals surface area contributed by atoms with E-state index in [0.29, 0.717) is 13.2 Å². The van der Waals surface area contributed by atoms with E-state index in [1.54, 1.807) is 0 Å². The predicted octanol–water partition coefficient (Wildman–Crippen LogP) is 1.40. The maximum absolute atomic E-state index is 12.2. The molecule has 2 N–H and O–H groups in total. The average Bonchev–Trinajstić information content (AvgIpc) is 2.50. The summed E-state index contributed by atoms with van der Waals surface area (Å²) in [5, 5.41) is 0. The molecule has 0 aromatic rings. The van der Waals surface area contributed by atoms with Crippen LogP contribution in [0.5, 0.6) is 0 Å². The molecular formula is C15H30N2O3. The van der Waals surface area contributed by atoms with Gasteiger partial charge < -0.3 is 20.1 Å². The van der Waals surface area contributed by atoms with Gasteiger partial charge in [0.2, 0.25) is 5.91 Å². The second-order valence-corrected chi connectivity index (χ2v) is 5.50. The SMILES string of the molecule is CCOCCOC1CCN(C(=O)C(N)C(C)CC)CC1. The summed E-state index contributed by atoms with van der Waals surface area (Å²) in [7, 11) is 0. The minimum absolute atomic E-state index is 0.0899. The number of hydrogen-bond acceptors (Lipinski definition) is 4. The Bertz CT molecular complexity index is 278. The van der Waals surface area contributed by atoms with E-state index >= 15 is 0 Å². The lowest BCUT2D eigenvalue weighted by Crippen LogP contribution is -2.50. The lowest BCUT2D eigenvalue weighted by atomic mass is 9.97. The molecule has 20 heavy (non-hydrogen) atoms. The molecule has 1 amide bonds. The highest BCUT2D eigenvalue weighted by atomic mass is 16.5. The standard InChI is InChI=1S/C15H30N2O3/c1-4-12(3)14(16)15(18)17-8-6-13(7-9-17)20-11-10-19-5-2/h12-14H,4-11,16H2,1-3H3. The molecule has 118 valence electrons. The summed E-state index contributed by atoms with van der Waals surface area (Å²) >= 11 is 0. The molecule has 0 aromatic carbocycles. The Labute approximate surface area is 122 Å². The lowest BCUT2D eigenvalue weighted by molar-refractivity contribution is -0.136. The van der Waals surface area contributed by atoms with Gasteiger partial charge >= 0.3 is 0 Å². The highest BCUT2D eigenvalue weighted by Gasteiger charge is 2.28. The molecule has 1 rings (SSSR count). The molecule has 1 fully saturated rings. The van der Waals surface area contributed by atoms with Crippen molar-refractivity contribution in [1.29, 1.82) is 0 Å². The number of carbonyl (C=O) groups excluding carboxylic acids is 1. The fourth-order valence-corrected chi connectivity index (χ4v) is 2.37. The predicted molar refractivity (Wildman–Crippen MR) is 79.5 cm³/mol. The maximum atomic E-state index is 12.2. The van der Waals surface area contributed by atoms with Crippen LogP contribution in [0.2, 0.25) is 0 Å². The number of nitrogens with zero attached hydrogens (tertiary/aromatic N) is 1. The van der Waals surface area contributed by atoms with E-state index in [0.717, 1.165) is 39.0 Å². The smallest absolute Gasteiger partial charge is 0.239 e. The molecule has 5 nitrogen and oxygen atoms in total. The van der Waals surface area contributed by atoms with Crippen molar-refractivity contribution in [2.45, 2.75) is 52.2 Å². The van der Waals surface area contributed by atoms with E-state index in [1.165, 1.54) is 0 Å². The Morgan fingerprint density at radius 3 is 2.50 bits per heavy atom. The zero-order chi connectivity index (χ0) is 15.0. The summed E-state index contributed by atoms with van der Waals surface area (Å²) in [5.74, 6) is 0.329. The second-order valence-electron chi connectivity index (χ2n) is 5.50. The number of likely N-dealkylation sites (tertiary alicyclic amines) is 1. The fraction of sp³-hybridized carbons (Fsp3) is 0.933. The number of hydrogen-bond donors (Lipinski definition) is 1. The van der Waals surface area contributed by atoms with Crippen LogP contribution in [-0.2, 0) is 14.3 Å². The summed E-state index contributed by atoms with van der Waals surface area (Å²) in [4.78, 5) is 14.1. The number of nitrogens with two attached hydrogens (primary N) is 1. The Balaban J connectivity index is 2.26. The van der Waals surface area contributed by atoms with Crippen LogP contribution < -0.4 is 5.73 Å². The molecule has 2 atom stereocenters. The fourth-order valence-electron chi connectivity index (χ4n) is 2.37. The Kier molecular flexibility index (Phi) is 8.11. The quantitative estimate of drug-likeness (QED) is 0.685. The van der Waals surface area contributed by atoms with Gasteiger partial charge in [0.1, 0.15) is 0 Å². The number of amides is 1. The van der Waals surface area contributed by atoms with Crippen molar-refractivity contribution in [1.82, 2.24) is 4.90 Å². The normalized spacial score (nSPS) is 19.9. The molecular weight excluding hydrogens is 256 g/mol. The number of carbonyl (C=O) groups is 1. The van der Waals surface area contributed by atoms with Crippen molar-refractivity contribution in [3.05, 3.63) is 0 Å². The van der Waals surface area contributed by atoms with Crippen LogP contribution in [0.25, 0.3) is 0 Å². The van der Waals surface area contributed by atoms with Gasteiger partial charge in [-0.15, -0.1) is 0 Å². The van der Waals surface area contributed by atoms with Gasteiger partial charge in [-0.1, -0.05) is 20.3 Å². The van der Waals surface area contributed by atoms with E-state index in [1.807, 2.05) is 18.7 Å². The van der Waals surface area contributed by atoms with E-state index in [2.05, 4.69) is 6.92 Å². The molecule has 1 aliphatic heterocycles. The van der Waals surface area contributed by atoms with Crippen molar-refractivity contribution in [2.24, 2.45) is 11.7 Å². The molecule has 0 aromatic heterocycles. The van der Waals surface area contributed by atoms with Crippen molar-refractivity contribution >= 4 is 5.91 Å². The maximum Gasteiger partial charge on any atom is 0.239 e. The van der Waals surface area contributed by atoms with E-state index in [-0.39, 0.29) is 24.0 Å². The van der Waals surface area contributed by atoms with Crippen LogP contribution in [0.4, 0.5) is 0 Å². The van der Waals surface area contributed by atoms with Crippen LogP contribution in [0.1, 0.15) is 40.0 Å². The van der Waals surface area contributed by atoms with Gasteiger partial charge in [-0.05, 0) is 25.7 Å². The first kappa shape index (κ1) is 17.4. The second kappa shape index (κ2) is 9.32. The molecule has 0 bridgehead atoms. The van der Waals surface area contributed by atoms with Crippen LogP contribution in [0.3, 0.4) is 0 Å². The first-order chi connectivity index (χ1) is 9.60. The van der Waals surface area contributed by atoms with Gasteiger partial charge in [0.15, 0.2) is 0 Å². The Morgan fingerprint density at radius 1 is 1.30 bits per heavy atom. The summed E-state index contributed by atoms with van der Waals surface area (Å²) in [5.41, 5.74) is 6.01. The Hall–Kier alpha value is -0.650. The minimum atomic E-state index is -0.365. The lowest BCUT2D eigenvalue weighted by Gasteiger charge is -2.34. The molecule has 0 spiro atoms. The van der Waals surface area contributed by atoms with Crippen molar-refractivity contribution in [3.8, 4) is 0 Å². The number of piperidine rings is 1. The average molecular weight is 286 g/mol. The molecule has 1 aliphatic rings. The Morgan fingerprint density at radius 2 is 1.95 bits per heavy atom. The van der Waals surface area contributed by atoms with Gasteiger partial charge in [-0.2, -0.15) is 0 Å². The topological polar surface area (TPSA) is 64.8 Å². The molecule has 1 heterocycles. The highest BCUT2D eigenvalue weighted by Crippen LogP contribution is 2.16. The first-order valence-corrected chi connectivity index (χ1v) is 7.83. The zero-order valence-electron chi connectivity index (χ0n) is 13.1. The van der Waals surface area contributed by atoms with Crippen molar-refractivity contribution < 1.29 is 14.3 Å². The third-order valence-corrected chi connectivity index (χ3v) is 4.08. The van der Waals surface area contributed by atoms with Crippen molar-refractivity contribution in [3.63, 3.8) is 0 Å². The summed E-state index contributed by atoms with van der Waals surface area (Å²) < 4.78 is 11.0. The summed E-state index contributed by atoms with van der Waals surface area (Å²) in [6, 6.07) is -0.365. The third kappa shape index (κ3) is 5.38. The number of ether oxygens (including phenoxy) is 2. The van der Waals surface area contributed by atoms with Crippen LogP contribution >= 0.6 is 0 Å². The molecule has 0 radical (unpaired) electrons. The third-order valence-electron chi connectivity index (χ3n) is 4.08. The van der Waals surface area contributed by atoms with Crippen LogP contribution in [0, 0.1) is 5.92 Å². The summed E-state index contributed by atoms with van der Waals surface area (Å²) in [6.45, 7) is 9.59. The van der Waals surface area contributed by atoms with Gasteiger partial charge in [-0.25, -0.2) is 0 Å². The largest absolute Gasteiger partial charge is 0.379 e. The highest BCUT2D eigenvalue weighted by molar-refractivity contribution is 5.82. The molecule has 0 aliphatic carbocycles. The van der Waals surface area contributed by atoms with Crippen molar-refractivity contribution in [2.75, 3.05) is 32.9 Å². The molecule has 5 heteroatoms. The van der Waals surface area contributed by atoms with Crippen LogP contribution in [0.15, 0.2) is 0 Å². The zero-order valence-corrected chi connectivity index (χ0v) is 13.1. The minimum Gasteiger partial charge on any atom is -0.379 e. The monoisotopic (exact) mass is 286 g/mol.